The molecule has 0 aromatic heterocycles. The summed E-state index contributed by atoms with van der Waals surface area (Å²) in [5, 5.41) is 3.13. The standard InChI is InChI=1S/C19H14Cl2N2O4/c1-10-9-12(20)5-8-14(10)23-17(24)15(21)16(18(23)25)22-13-6-3-11(4-7-13)19(26)27-2/h3-9,22H,1-2H3. The molecule has 1 heterocycles. The average molecular weight is 405 g/mol. The highest BCUT2D eigenvalue weighted by Gasteiger charge is 2.39. The van der Waals surface area contributed by atoms with Gasteiger partial charge in [0.2, 0.25) is 0 Å². The van der Waals surface area contributed by atoms with E-state index in [0.717, 1.165) is 4.90 Å². The van der Waals surface area contributed by atoms with E-state index >= 15 is 0 Å². The molecule has 0 spiro atoms. The zero-order chi connectivity index (χ0) is 19.7. The van der Waals surface area contributed by atoms with Gasteiger partial charge in [-0.2, -0.15) is 0 Å². The zero-order valence-corrected chi connectivity index (χ0v) is 15.9. The van der Waals surface area contributed by atoms with Crippen molar-refractivity contribution in [2.24, 2.45) is 0 Å². The van der Waals surface area contributed by atoms with E-state index in [2.05, 4.69) is 10.1 Å². The maximum atomic E-state index is 12.8. The Bertz CT molecular complexity index is 984. The lowest BCUT2D eigenvalue weighted by Gasteiger charge is -2.17. The topological polar surface area (TPSA) is 75.7 Å². The molecular weight excluding hydrogens is 391 g/mol. The number of anilines is 2. The fourth-order valence-corrected chi connectivity index (χ4v) is 3.09. The lowest BCUT2D eigenvalue weighted by molar-refractivity contribution is -0.120. The highest BCUT2D eigenvalue weighted by atomic mass is 35.5. The molecule has 0 saturated carbocycles. The van der Waals surface area contributed by atoms with Crippen LogP contribution in [0.15, 0.2) is 53.2 Å². The Morgan fingerprint density at radius 2 is 1.70 bits per heavy atom. The molecule has 138 valence electrons. The van der Waals surface area contributed by atoms with Gasteiger partial charge in [-0.1, -0.05) is 23.2 Å². The number of hydrogen-bond donors (Lipinski definition) is 1. The normalized spacial score (nSPS) is 14.0. The number of hydrogen-bond acceptors (Lipinski definition) is 5. The maximum absolute atomic E-state index is 12.8. The van der Waals surface area contributed by atoms with Crippen molar-refractivity contribution in [2.45, 2.75) is 6.92 Å². The minimum Gasteiger partial charge on any atom is -0.465 e. The summed E-state index contributed by atoms with van der Waals surface area (Å²) in [7, 11) is 1.29. The van der Waals surface area contributed by atoms with Gasteiger partial charge in [0.05, 0.1) is 18.4 Å². The molecule has 1 aliphatic heterocycles. The number of imide groups is 1. The second kappa shape index (κ2) is 7.42. The van der Waals surface area contributed by atoms with Crippen molar-refractivity contribution >= 4 is 52.4 Å². The van der Waals surface area contributed by atoms with Gasteiger partial charge < -0.3 is 10.1 Å². The van der Waals surface area contributed by atoms with Gasteiger partial charge in [-0.3, -0.25) is 9.59 Å². The molecule has 27 heavy (non-hydrogen) atoms. The number of ether oxygens (including phenoxy) is 1. The Morgan fingerprint density at radius 3 is 2.30 bits per heavy atom. The fourth-order valence-electron chi connectivity index (χ4n) is 2.65. The first-order valence-electron chi connectivity index (χ1n) is 7.83. The van der Waals surface area contributed by atoms with Gasteiger partial charge in [0.25, 0.3) is 11.8 Å². The van der Waals surface area contributed by atoms with Crippen LogP contribution >= 0.6 is 23.2 Å². The van der Waals surface area contributed by atoms with E-state index in [9.17, 15) is 14.4 Å². The molecule has 0 fully saturated rings. The van der Waals surface area contributed by atoms with Gasteiger partial charge in [0.1, 0.15) is 10.7 Å². The second-order valence-electron chi connectivity index (χ2n) is 5.76. The van der Waals surface area contributed by atoms with E-state index < -0.39 is 17.8 Å². The summed E-state index contributed by atoms with van der Waals surface area (Å²) in [5.41, 5.74) is 1.88. The lowest BCUT2D eigenvalue weighted by atomic mass is 10.2. The first-order valence-corrected chi connectivity index (χ1v) is 8.59. The van der Waals surface area contributed by atoms with E-state index in [4.69, 9.17) is 23.2 Å². The number of benzene rings is 2. The first kappa shape index (κ1) is 18.9. The molecule has 0 bridgehead atoms. The number of carbonyl (C=O) groups excluding carboxylic acids is 3. The van der Waals surface area contributed by atoms with Crippen LogP contribution in [-0.2, 0) is 14.3 Å². The Labute approximate surface area is 165 Å². The number of methoxy groups -OCH3 is 1. The summed E-state index contributed by atoms with van der Waals surface area (Å²) in [6, 6.07) is 11.1. The smallest absolute Gasteiger partial charge is 0.337 e. The molecule has 2 aromatic carbocycles. The third-order valence-corrected chi connectivity index (χ3v) is 4.59. The zero-order valence-electron chi connectivity index (χ0n) is 14.4. The number of carbonyl (C=O) groups is 3. The van der Waals surface area contributed by atoms with Crippen molar-refractivity contribution in [3.63, 3.8) is 0 Å². The number of amides is 2. The van der Waals surface area contributed by atoms with Crippen LogP contribution in [0.5, 0.6) is 0 Å². The van der Waals surface area contributed by atoms with Crippen LogP contribution in [0.2, 0.25) is 5.02 Å². The number of esters is 1. The Hall–Kier alpha value is -2.83. The van der Waals surface area contributed by atoms with Crippen LogP contribution in [0.4, 0.5) is 11.4 Å². The molecule has 0 aliphatic carbocycles. The summed E-state index contributed by atoms with van der Waals surface area (Å²) in [6.45, 7) is 1.74. The molecule has 0 radical (unpaired) electrons. The van der Waals surface area contributed by atoms with Crippen molar-refractivity contribution in [1.82, 2.24) is 0 Å². The Kier molecular flexibility index (Phi) is 5.21. The number of rotatable bonds is 4. The number of aryl methyl sites for hydroxylation is 1. The molecule has 1 N–H and O–H groups in total. The highest BCUT2D eigenvalue weighted by Crippen LogP contribution is 2.33. The predicted molar refractivity (Wildman–Crippen MR) is 103 cm³/mol. The number of halogens is 2. The minimum absolute atomic E-state index is 0.0400. The molecule has 0 saturated heterocycles. The SMILES string of the molecule is COC(=O)c1ccc(NC2=C(Cl)C(=O)N(c3ccc(Cl)cc3C)C2=O)cc1. The molecular formula is C19H14Cl2N2O4. The van der Waals surface area contributed by atoms with E-state index in [1.54, 1.807) is 37.3 Å². The van der Waals surface area contributed by atoms with Crippen LogP contribution in [-0.4, -0.2) is 24.9 Å². The van der Waals surface area contributed by atoms with Crippen molar-refractivity contribution in [3.05, 3.63) is 69.3 Å². The average Bonchev–Trinajstić information content (AvgIpc) is 2.86. The third-order valence-electron chi connectivity index (χ3n) is 4.00. The van der Waals surface area contributed by atoms with Crippen molar-refractivity contribution in [3.8, 4) is 0 Å². The van der Waals surface area contributed by atoms with Gasteiger partial charge in [0, 0.05) is 10.7 Å². The monoisotopic (exact) mass is 404 g/mol. The van der Waals surface area contributed by atoms with Crippen LogP contribution in [0.1, 0.15) is 15.9 Å². The van der Waals surface area contributed by atoms with E-state index in [1.807, 2.05) is 0 Å². The van der Waals surface area contributed by atoms with E-state index in [0.29, 0.717) is 27.5 Å². The van der Waals surface area contributed by atoms with Crippen LogP contribution < -0.4 is 10.2 Å². The molecule has 0 unspecified atom stereocenters. The quantitative estimate of drug-likeness (QED) is 0.618. The summed E-state index contributed by atoms with van der Waals surface area (Å²) in [4.78, 5) is 37.8. The van der Waals surface area contributed by atoms with E-state index in [-0.39, 0.29) is 10.7 Å². The molecule has 8 heteroatoms. The largest absolute Gasteiger partial charge is 0.465 e. The lowest BCUT2D eigenvalue weighted by Crippen LogP contribution is -2.32. The van der Waals surface area contributed by atoms with E-state index in [1.165, 1.54) is 19.2 Å². The molecule has 2 amide bonds. The van der Waals surface area contributed by atoms with Crippen LogP contribution in [0, 0.1) is 6.92 Å². The van der Waals surface area contributed by atoms with Crippen LogP contribution in [0.3, 0.4) is 0 Å². The van der Waals surface area contributed by atoms with Crippen molar-refractivity contribution < 1.29 is 19.1 Å². The van der Waals surface area contributed by atoms with Crippen molar-refractivity contribution in [1.29, 1.82) is 0 Å². The van der Waals surface area contributed by atoms with Gasteiger partial charge in [-0.05, 0) is 55.0 Å². The third kappa shape index (κ3) is 3.54. The number of nitrogens with zero attached hydrogens (tertiary/aromatic N) is 1. The van der Waals surface area contributed by atoms with Gasteiger partial charge >= 0.3 is 5.97 Å². The first-order chi connectivity index (χ1) is 12.8. The summed E-state index contributed by atoms with van der Waals surface area (Å²) < 4.78 is 4.64. The van der Waals surface area contributed by atoms with Gasteiger partial charge in [-0.25, -0.2) is 9.69 Å². The summed E-state index contributed by atoms with van der Waals surface area (Å²) in [6.07, 6.45) is 0. The Balaban J connectivity index is 1.87. The van der Waals surface area contributed by atoms with Crippen molar-refractivity contribution in [2.75, 3.05) is 17.3 Å². The maximum Gasteiger partial charge on any atom is 0.337 e. The molecule has 3 rings (SSSR count). The fraction of sp³-hybridized carbons (Fsp3) is 0.105. The molecule has 6 nitrogen and oxygen atoms in total. The highest BCUT2D eigenvalue weighted by molar-refractivity contribution is 6.53. The van der Waals surface area contributed by atoms with Crippen LogP contribution in [0.25, 0.3) is 0 Å². The minimum atomic E-state index is -0.624. The Morgan fingerprint density at radius 1 is 1.04 bits per heavy atom. The molecule has 1 aliphatic rings. The predicted octanol–water partition coefficient (Wildman–Crippen LogP) is 3.87. The summed E-state index contributed by atoms with van der Waals surface area (Å²) >= 11 is 12.0. The molecule has 0 atom stereocenters. The molecule has 2 aromatic rings. The second-order valence-corrected chi connectivity index (χ2v) is 6.57. The van der Waals surface area contributed by atoms with Gasteiger partial charge in [0.15, 0.2) is 0 Å². The number of nitrogens with one attached hydrogen (secondary N) is 1. The summed E-state index contributed by atoms with van der Waals surface area (Å²) in [5.74, 6) is -1.68. The van der Waals surface area contributed by atoms with Gasteiger partial charge in [-0.15, -0.1) is 0 Å².